The van der Waals surface area contributed by atoms with Crippen molar-refractivity contribution in [3.8, 4) is 6.07 Å². The second-order valence-electron chi connectivity index (χ2n) is 4.50. The third-order valence-corrected chi connectivity index (χ3v) is 3.17. The third-order valence-electron chi connectivity index (χ3n) is 3.17. The number of nitrogens with one attached hydrogen (secondary N) is 1. The minimum absolute atomic E-state index is 0.719. The molecule has 1 saturated heterocycles. The van der Waals surface area contributed by atoms with Gasteiger partial charge in [0.1, 0.15) is 0 Å². The summed E-state index contributed by atoms with van der Waals surface area (Å²) in [6.07, 6.45) is 2.40. The molecule has 90 valence electrons. The highest BCUT2D eigenvalue weighted by molar-refractivity contribution is 5.31. The Labute approximate surface area is 102 Å². The molecule has 1 aliphatic heterocycles. The van der Waals surface area contributed by atoms with Crippen LogP contribution >= 0.6 is 0 Å². The van der Waals surface area contributed by atoms with E-state index in [9.17, 15) is 0 Å². The predicted octanol–water partition coefficient (Wildman–Crippen LogP) is 2.07. The largest absolute Gasteiger partial charge is 0.381 e. The van der Waals surface area contributed by atoms with Crippen molar-refractivity contribution in [1.82, 2.24) is 5.32 Å². The van der Waals surface area contributed by atoms with Gasteiger partial charge in [-0.2, -0.15) is 5.26 Å². The molecule has 1 aliphatic rings. The Bertz CT molecular complexity index is 374. The molecule has 3 nitrogen and oxygen atoms in total. The van der Waals surface area contributed by atoms with Gasteiger partial charge < -0.3 is 10.1 Å². The molecular formula is C14H18N2O. The molecule has 3 heteroatoms. The molecule has 1 heterocycles. The molecule has 0 aliphatic carbocycles. The number of ether oxygens (including phenoxy) is 1. The first-order valence-corrected chi connectivity index (χ1v) is 6.16. The first-order chi connectivity index (χ1) is 8.38. The lowest BCUT2D eigenvalue weighted by molar-refractivity contribution is 0.184. The number of rotatable bonds is 5. The third kappa shape index (κ3) is 3.85. The van der Waals surface area contributed by atoms with Gasteiger partial charge in [0.15, 0.2) is 0 Å². The van der Waals surface area contributed by atoms with Crippen LogP contribution in [0.1, 0.15) is 24.0 Å². The van der Waals surface area contributed by atoms with Crippen molar-refractivity contribution in [1.29, 1.82) is 5.26 Å². The van der Waals surface area contributed by atoms with Crippen molar-refractivity contribution >= 4 is 0 Å². The first-order valence-electron chi connectivity index (χ1n) is 6.16. The van der Waals surface area contributed by atoms with Gasteiger partial charge in [-0.15, -0.1) is 0 Å². The van der Waals surface area contributed by atoms with E-state index >= 15 is 0 Å². The van der Waals surface area contributed by atoms with Crippen LogP contribution in [-0.2, 0) is 11.3 Å². The highest BCUT2D eigenvalue weighted by Gasteiger charge is 2.14. The fourth-order valence-electron chi connectivity index (χ4n) is 2.05. The zero-order chi connectivity index (χ0) is 11.9. The minimum atomic E-state index is 0.719. The van der Waals surface area contributed by atoms with Crippen molar-refractivity contribution in [3.05, 3.63) is 35.4 Å². The van der Waals surface area contributed by atoms with Crippen LogP contribution in [0.15, 0.2) is 24.3 Å². The number of hydrogen-bond donors (Lipinski definition) is 1. The summed E-state index contributed by atoms with van der Waals surface area (Å²) in [5.74, 6) is 0.739. The van der Waals surface area contributed by atoms with Gasteiger partial charge in [-0.25, -0.2) is 0 Å². The van der Waals surface area contributed by atoms with Gasteiger partial charge in [-0.05, 0) is 43.0 Å². The standard InChI is InChI=1S/C14H18N2O/c15-9-12-1-3-13(4-2-12)10-16-7-5-14-6-8-17-11-14/h1-4,14,16H,5-8,10-11H2. The summed E-state index contributed by atoms with van der Waals surface area (Å²) in [5, 5.41) is 12.1. The molecule has 0 bridgehead atoms. The second kappa shape index (κ2) is 6.39. The van der Waals surface area contributed by atoms with E-state index in [-0.39, 0.29) is 0 Å². The summed E-state index contributed by atoms with van der Waals surface area (Å²) < 4.78 is 5.34. The second-order valence-corrected chi connectivity index (χ2v) is 4.50. The lowest BCUT2D eigenvalue weighted by Crippen LogP contribution is -2.17. The summed E-state index contributed by atoms with van der Waals surface area (Å²) in [4.78, 5) is 0. The molecule has 0 aromatic heterocycles. The lowest BCUT2D eigenvalue weighted by atomic mass is 10.1. The molecule has 0 amide bonds. The Morgan fingerprint density at radius 1 is 1.35 bits per heavy atom. The maximum Gasteiger partial charge on any atom is 0.0991 e. The van der Waals surface area contributed by atoms with Gasteiger partial charge in [-0.1, -0.05) is 12.1 Å². The number of nitrogens with zero attached hydrogens (tertiary/aromatic N) is 1. The molecule has 2 rings (SSSR count). The summed E-state index contributed by atoms with van der Waals surface area (Å²) in [6, 6.07) is 9.86. The van der Waals surface area contributed by atoms with Crippen LogP contribution in [0.25, 0.3) is 0 Å². The van der Waals surface area contributed by atoms with E-state index in [1.54, 1.807) is 0 Å². The zero-order valence-electron chi connectivity index (χ0n) is 9.98. The zero-order valence-corrected chi connectivity index (χ0v) is 9.98. The number of nitriles is 1. The topological polar surface area (TPSA) is 45.0 Å². The Morgan fingerprint density at radius 2 is 2.18 bits per heavy atom. The Morgan fingerprint density at radius 3 is 2.82 bits per heavy atom. The normalized spacial score (nSPS) is 19.1. The van der Waals surface area contributed by atoms with Crippen molar-refractivity contribution < 1.29 is 4.74 Å². The van der Waals surface area contributed by atoms with Crippen molar-refractivity contribution in [2.75, 3.05) is 19.8 Å². The van der Waals surface area contributed by atoms with E-state index in [1.165, 1.54) is 18.4 Å². The monoisotopic (exact) mass is 230 g/mol. The maximum absolute atomic E-state index is 8.69. The van der Waals surface area contributed by atoms with Gasteiger partial charge in [0.25, 0.3) is 0 Å². The average molecular weight is 230 g/mol. The van der Waals surface area contributed by atoms with Gasteiger partial charge in [0.2, 0.25) is 0 Å². The average Bonchev–Trinajstić information content (AvgIpc) is 2.88. The van der Waals surface area contributed by atoms with Crippen molar-refractivity contribution in [2.45, 2.75) is 19.4 Å². The van der Waals surface area contributed by atoms with Crippen LogP contribution in [0.4, 0.5) is 0 Å². The van der Waals surface area contributed by atoms with Crippen molar-refractivity contribution in [3.63, 3.8) is 0 Å². The van der Waals surface area contributed by atoms with Crippen LogP contribution in [0.2, 0.25) is 0 Å². The summed E-state index contributed by atoms with van der Waals surface area (Å²) in [5.41, 5.74) is 1.95. The Hall–Kier alpha value is -1.37. The van der Waals surface area contributed by atoms with Gasteiger partial charge >= 0.3 is 0 Å². The molecule has 17 heavy (non-hydrogen) atoms. The van der Waals surface area contributed by atoms with Crippen LogP contribution in [-0.4, -0.2) is 19.8 Å². The molecule has 0 saturated carbocycles. The van der Waals surface area contributed by atoms with E-state index in [0.717, 1.165) is 37.8 Å². The molecule has 1 fully saturated rings. The fraction of sp³-hybridized carbons (Fsp3) is 0.500. The predicted molar refractivity (Wildman–Crippen MR) is 66.4 cm³/mol. The SMILES string of the molecule is N#Cc1ccc(CNCCC2CCOC2)cc1. The maximum atomic E-state index is 8.69. The fourth-order valence-corrected chi connectivity index (χ4v) is 2.05. The Balaban J connectivity index is 1.65. The molecular weight excluding hydrogens is 212 g/mol. The van der Waals surface area contributed by atoms with Crippen LogP contribution in [0.5, 0.6) is 0 Å². The molecule has 1 atom stereocenters. The summed E-state index contributed by atoms with van der Waals surface area (Å²) in [6.45, 7) is 3.77. The molecule has 0 radical (unpaired) electrons. The smallest absolute Gasteiger partial charge is 0.0991 e. The van der Waals surface area contributed by atoms with E-state index in [2.05, 4.69) is 11.4 Å². The highest BCUT2D eigenvalue weighted by atomic mass is 16.5. The molecule has 1 aromatic carbocycles. The number of benzene rings is 1. The van der Waals surface area contributed by atoms with Gasteiger partial charge in [-0.3, -0.25) is 0 Å². The highest BCUT2D eigenvalue weighted by Crippen LogP contribution is 2.15. The van der Waals surface area contributed by atoms with E-state index in [1.807, 2.05) is 24.3 Å². The van der Waals surface area contributed by atoms with Gasteiger partial charge in [0, 0.05) is 19.8 Å². The summed E-state index contributed by atoms with van der Waals surface area (Å²) in [7, 11) is 0. The molecule has 1 aromatic rings. The van der Waals surface area contributed by atoms with E-state index < -0.39 is 0 Å². The van der Waals surface area contributed by atoms with E-state index in [4.69, 9.17) is 10.00 Å². The van der Waals surface area contributed by atoms with E-state index in [0.29, 0.717) is 0 Å². The lowest BCUT2D eigenvalue weighted by Gasteiger charge is -2.08. The summed E-state index contributed by atoms with van der Waals surface area (Å²) >= 11 is 0. The number of hydrogen-bond acceptors (Lipinski definition) is 3. The minimum Gasteiger partial charge on any atom is -0.381 e. The Kier molecular flexibility index (Phi) is 4.54. The first kappa shape index (κ1) is 12.1. The quantitative estimate of drug-likeness (QED) is 0.788. The van der Waals surface area contributed by atoms with Crippen LogP contribution in [0.3, 0.4) is 0 Å². The van der Waals surface area contributed by atoms with Crippen LogP contribution < -0.4 is 5.32 Å². The van der Waals surface area contributed by atoms with Crippen molar-refractivity contribution in [2.24, 2.45) is 5.92 Å². The van der Waals surface area contributed by atoms with Gasteiger partial charge in [0.05, 0.1) is 11.6 Å². The van der Waals surface area contributed by atoms with Crippen LogP contribution in [0, 0.1) is 17.2 Å². The molecule has 1 N–H and O–H groups in total. The molecule has 0 spiro atoms. The molecule has 1 unspecified atom stereocenters.